The highest BCUT2D eigenvalue weighted by atomic mass is 16.5. The molecule has 166 valence electrons. The van der Waals surface area contributed by atoms with Crippen LogP contribution in [0, 0.1) is 13.8 Å². The van der Waals surface area contributed by atoms with Crippen LogP contribution in [0.3, 0.4) is 0 Å². The summed E-state index contributed by atoms with van der Waals surface area (Å²) in [6, 6.07) is 15.1. The van der Waals surface area contributed by atoms with Crippen LogP contribution in [-0.4, -0.2) is 64.7 Å². The van der Waals surface area contributed by atoms with Gasteiger partial charge in [0.25, 0.3) is 5.91 Å². The molecule has 4 rings (SSSR count). The van der Waals surface area contributed by atoms with Crippen LogP contribution in [0.15, 0.2) is 48.5 Å². The number of aryl methyl sites for hydroxylation is 2. The van der Waals surface area contributed by atoms with Gasteiger partial charge < -0.3 is 15.0 Å². The summed E-state index contributed by atoms with van der Waals surface area (Å²) in [4.78, 5) is 31.9. The molecule has 0 saturated carbocycles. The first-order chi connectivity index (χ1) is 15.5. The third kappa shape index (κ3) is 4.55. The van der Waals surface area contributed by atoms with Gasteiger partial charge in [-0.05, 0) is 37.1 Å². The van der Waals surface area contributed by atoms with Crippen molar-refractivity contribution in [3.05, 3.63) is 71.0 Å². The van der Waals surface area contributed by atoms with Gasteiger partial charge in [-0.15, -0.1) is 0 Å². The van der Waals surface area contributed by atoms with Gasteiger partial charge in [-0.2, -0.15) is 5.10 Å². The third-order valence-corrected chi connectivity index (χ3v) is 5.87. The van der Waals surface area contributed by atoms with Crippen LogP contribution in [-0.2, 0) is 9.53 Å². The van der Waals surface area contributed by atoms with E-state index < -0.39 is 0 Å². The lowest BCUT2D eigenvalue weighted by atomic mass is 10.0. The molecule has 0 bridgehead atoms. The van der Waals surface area contributed by atoms with E-state index in [9.17, 15) is 9.59 Å². The zero-order valence-electron chi connectivity index (χ0n) is 18.5. The van der Waals surface area contributed by atoms with E-state index >= 15 is 0 Å². The van der Waals surface area contributed by atoms with Crippen LogP contribution < -0.4 is 5.32 Å². The van der Waals surface area contributed by atoms with E-state index in [-0.39, 0.29) is 30.4 Å². The smallest absolute Gasteiger partial charge is 0.253 e. The Kier molecular flexibility index (Phi) is 6.32. The standard InChI is InChI=1S/C24H27N5O3/c1-15-9-10-18(11-16(15)2)24(31)29-12-19(20(13-29)25-21(30)14-32-3)23-26-22(27-28-23)17-7-5-4-6-8-17/h4-11,19-20H,12-14H2,1-3H3,(H,25,30)(H,26,27,28)/t19-,20-/m1/s1. The van der Waals surface area contributed by atoms with E-state index in [1.54, 1.807) is 4.90 Å². The van der Waals surface area contributed by atoms with Crippen molar-refractivity contribution in [3.8, 4) is 11.4 Å². The highest BCUT2D eigenvalue weighted by Crippen LogP contribution is 2.28. The van der Waals surface area contributed by atoms with Crippen molar-refractivity contribution in [1.82, 2.24) is 25.4 Å². The number of hydrogen-bond donors (Lipinski definition) is 2. The molecule has 2 aromatic carbocycles. The Morgan fingerprint density at radius 2 is 1.91 bits per heavy atom. The Morgan fingerprint density at radius 1 is 1.12 bits per heavy atom. The maximum Gasteiger partial charge on any atom is 0.253 e. The monoisotopic (exact) mass is 433 g/mol. The van der Waals surface area contributed by atoms with Crippen molar-refractivity contribution >= 4 is 11.8 Å². The minimum Gasteiger partial charge on any atom is -0.375 e. The highest BCUT2D eigenvalue weighted by Gasteiger charge is 2.39. The zero-order chi connectivity index (χ0) is 22.7. The van der Waals surface area contributed by atoms with Gasteiger partial charge in [-0.1, -0.05) is 36.4 Å². The van der Waals surface area contributed by atoms with Gasteiger partial charge in [-0.3, -0.25) is 14.7 Å². The number of carbonyl (C=O) groups is 2. The largest absolute Gasteiger partial charge is 0.375 e. The molecule has 2 amide bonds. The van der Waals surface area contributed by atoms with Crippen molar-refractivity contribution < 1.29 is 14.3 Å². The number of H-pyrrole nitrogens is 1. The number of likely N-dealkylation sites (tertiary alicyclic amines) is 1. The maximum atomic E-state index is 13.2. The summed E-state index contributed by atoms with van der Waals surface area (Å²) in [6.07, 6.45) is 0. The number of nitrogens with zero attached hydrogens (tertiary/aromatic N) is 3. The molecule has 32 heavy (non-hydrogen) atoms. The number of amides is 2. The topological polar surface area (TPSA) is 100 Å². The number of aromatic amines is 1. The molecule has 1 saturated heterocycles. The molecular weight excluding hydrogens is 406 g/mol. The Bertz CT molecular complexity index is 1110. The number of carbonyl (C=O) groups excluding carboxylic acids is 2. The molecule has 0 radical (unpaired) electrons. The number of methoxy groups -OCH3 is 1. The average Bonchev–Trinajstić information content (AvgIpc) is 3.43. The third-order valence-electron chi connectivity index (χ3n) is 5.87. The molecule has 1 aliphatic heterocycles. The molecule has 8 heteroatoms. The fourth-order valence-electron chi connectivity index (χ4n) is 3.99. The fourth-order valence-corrected chi connectivity index (χ4v) is 3.99. The molecule has 8 nitrogen and oxygen atoms in total. The molecule has 0 unspecified atom stereocenters. The predicted molar refractivity (Wildman–Crippen MR) is 120 cm³/mol. The SMILES string of the molecule is COCC(=O)N[C@@H]1CN(C(=O)c2ccc(C)c(C)c2)C[C@H]1c1nc(-c2ccccc2)n[nH]1. The second-order valence-corrected chi connectivity index (χ2v) is 8.13. The van der Waals surface area contributed by atoms with Crippen LogP contribution in [0.4, 0.5) is 0 Å². The number of aromatic nitrogens is 3. The first-order valence-electron chi connectivity index (χ1n) is 10.6. The summed E-state index contributed by atoms with van der Waals surface area (Å²) < 4.78 is 4.96. The lowest BCUT2D eigenvalue weighted by molar-refractivity contribution is -0.125. The van der Waals surface area contributed by atoms with E-state index in [0.29, 0.717) is 30.3 Å². The van der Waals surface area contributed by atoms with Crippen molar-refractivity contribution in [1.29, 1.82) is 0 Å². The van der Waals surface area contributed by atoms with Gasteiger partial charge in [0.2, 0.25) is 5.91 Å². The number of ether oxygens (including phenoxy) is 1. The minimum atomic E-state index is -0.301. The summed E-state index contributed by atoms with van der Waals surface area (Å²) >= 11 is 0. The summed E-state index contributed by atoms with van der Waals surface area (Å²) in [7, 11) is 1.48. The molecule has 1 aromatic heterocycles. The van der Waals surface area contributed by atoms with E-state index in [4.69, 9.17) is 4.74 Å². The fraction of sp³-hybridized carbons (Fsp3) is 0.333. The Balaban J connectivity index is 1.59. The molecule has 0 aliphatic carbocycles. The van der Waals surface area contributed by atoms with E-state index in [1.807, 2.05) is 62.4 Å². The number of rotatable bonds is 6. The van der Waals surface area contributed by atoms with Crippen LogP contribution >= 0.6 is 0 Å². The molecule has 2 atom stereocenters. The number of benzene rings is 2. The van der Waals surface area contributed by atoms with E-state index in [2.05, 4.69) is 20.5 Å². The molecule has 2 heterocycles. The summed E-state index contributed by atoms with van der Waals surface area (Å²) in [5, 5.41) is 10.4. The van der Waals surface area contributed by atoms with Crippen molar-refractivity contribution in [2.24, 2.45) is 0 Å². The lowest BCUT2D eigenvalue weighted by Gasteiger charge is -2.18. The van der Waals surface area contributed by atoms with Gasteiger partial charge in [0.15, 0.2) is 5.82 Å². The predicted octanol–water partition coefficient (Wildman–Crippen LogP) is 2.46. The minimum absolute atomic E-state index is 0.0417. The normalized spacial score (nSPS) is 18.0. The molecule has 2 N–H and O–H groups in total. The summed E-state index contributed by atoms with van der Waals surface area (Å²) in [6.45, 7) is 4.78. The van der Waals surface area contributed by atoms with Crippen LogP contribution in [0.2, 0.25) is 0 Å². The van der Waals surface area contributed by atoms with Gasteiger partial charge in [0.1, 0.15) is 12.4 Å². The number of hydrogen-bond acceptors (Lipinski definition) is 5. The average molecular weight is 434 g/mol. The van der Waals surface area contributed by atoms with Gasteiger partial charge in [-0.25, -0.2) is 4.98 Å². The van der Waals surface area contributed by atoms with E-state index in [0.717, 1.165) is 16.7 Å². The van der Waals surface area contributed by atoms with Crippen LogP contribution in [0.25, 0.3) is 11.4 Å². The van der Waals surface area contributed by atoms with Crippen LogP contribution in [0.5, 0.6) is 0 Å². The van der Waals surface area contributed by atoms with Gasteiger partial charge >= 0.3 is 0 Å². The van der Waals surface area contributed by atoms with Crippen molar-refractivity contribution in [2.75, 3.05) is 26.8 Å². The first kappa shape index (κ1) is 21.7. The van der Waals surface area contributed by atoms with Crippen molar-refractivity contribution in [2.45, 2.75) is 25.8 Å². The zero-order valence-corrected chi connectivity index (χ0v) is 18.5. The quantitative estimate of drug-likeness (QED) is 0.622. The lowest BCUT2D eigenvalue weighted by Crippen LogP contribution is -2.42. The Morgan fingerprint density at radius 3 is 2.62 bits per heavy atom. The maximum absolute atomic E-state index is 13.2. The van der Waals surface area contributed by atoms with E-state index in [1.165, 1.54) is 7.11 Å². The molecular formula is C24H27N5O3. The highest BCUT2D eigenvalue weighted by molar-refractivity contribution is 5.95. The molecule has 0 spiro atoms. The van der Waals surface area contributed by atoms with Crippen molar-refractivity contribution in [3.63, 3.8) is 0 Å². The molecule has 1 aliphatic rings. The summed E-state index contributed by atoms with van der Waals surface area (Å²) in [5.74, 6) is 0.717. The van der Waals surface area contributed by atoms with Gasteiger partial charge in [0, 0.05) is 31.3 Å². The second-order valence-electron chi connectivity index (χ2n) is 8.13. The number of nitrogens with one attached hydrogen (secondary N) is 2. The second kappa shape index (κ2) is 9.32. The molecule has 1 fully saturated rings. The Hall–Kier alpha value is -3.52. The first-order valence-corrected chi connectivity index (χ1v) is 10.6. The van der Waals surface area contributed by atoms with Gasteiger partial charge in [0.05, 0.1) is 12.0 Å². The van der Waals surface area contributed by atoms with Crippen LogP contribution in [0.1, 0.15) is 33.2 Å². The summed E-state index contributed by atoms with van der Waals surface area (Å²) in [5.41, 5.74) is 3.74. The molecule has 3 aromatic rings. The Labute approximate surface area is 187 Å².